The van der Waals surface area contributed by atoms with E-state index in [1.54, 1.807) is 37.4 Å². The average molecular weight is 509 g/mol. The van der Waals surface area contributed by atoms with Gasteiger partial charge in [-0.05, 0) is 54.4 Å². The van der Waals surface area contributed by atoms with Crippen LogP contribution in [0.3, 0.4) is 0 Å². The van der Waals surface area contributed by atoms with Gasteiger partial charge in [-0.3, -0.25) is 9.78 Å². The first-order valence-electron chi connectivity index (χ1n) is 11.8. The number of ether oxygens (including phenoxy) is 1. The van der Waals surface area contributed by atoms with Crippen molar-refractivity contribution >= 4 is 28.4 Å². The second-order valence-corrected chi connectivity index (χ2v) is 8.81. The highest BCUT2D eigenvalue weighted by atomic mass is 19.1. The Morgan fingerprint density at radius 1 is 1.08 bits per heavy atom. The maximum Gasteiger partial charge on any atom is 0.250 e. The van der Waals surface area contributed by atoms with Crippen LogP contribution in [0, 0.1) is 5.82 Å². The Labute approximate surface area is 218 Å². The molecule has 1 amide bonds. The fourth-order valence-corrected chi connectivity index (χ4v) is 4.25. The zero-order valence-electron chi connectivity index (χ0n) is 20.9. The molecule has 9 heteroatoms. The number of hydrogen-bond acceptors (Lipinski definition) is 6. The summed E-state index contributed by atoms with van der Waals surface area (Å²) in [6, 6.07) is 17.6. The van der Waals surface area contributed by atoms with Crippen LogP contribution in [0.5, 0.6) is 5.75 Å². The fourth-order valence-electron chi connectivity index (χ4n) is 4.25. The molecule has 38 heavy (non-hydrogen) atoms. The Morgan fingerprint density at radius 3 is 2.53 bits per heavy atom. The minimum atomic E-state index is -0.519. The molecule has 0 bridgehead atoms. The lowest BCUT2D eigenvalue weighted by Crippen LogP contribution is -2.11. The molecule has 190 valence electrons. The second kappa shape index (κ2) is 10.1. The van der Waals surface area contributed by atoms with Crippen LogP contribution in [-0.2, 0) is 18.4 Å². The van der Waals surface area contributed by atoms with Crippen LogP contribution in [-0.4, -0.2) is 25.4 Å². The van der Waals surface area contributed by atoms with Crippen LogP contribution >= 0.6 is 0 Å². The third-order valence-corrected chi connectivity index (χ3v) is 6.12. The number of nitrogens with two attached hydrogens (primary N) is 1. The molecule has 0 saturated carbocycles. The van der Waals surface area contributed by atoms with E-state index in [-0.39, 0.29) is 24.1 Å². The monoisotopic (exact) mass is 508 g/mol. The number of amides is 1. The normalized spacial score (nSPS) is 10.9. The number of fused-ring (bicyclic) bond motifs is 1. The van der Waals surface area contributed by atoms with E-state index in [9.17, 15) is 4.79 Å². The number of benzene rings is 2. The molecule has 0 atom stereocenters. The number of halogens is 1. The van der Waals surface area contributed by atoms with Gasteiger partial charge >= 0.3 is 0 Å². The van der Waals surface area contributed by atoms with E-state index >= 15 is 4.39 Å². The highest BCUT2D eigenvalue weighted by Crippen LogP contribution is 2.42. The fraction of sp³-hybridized carbons (Fsp3) is 0.103. The molecule has 8 nitrogen and oxygen atoms in total. The van der Waals surface area contributed by atoms with Gasteiger partial charge in [0.2, 0.25) is 0 Å². The van der Waals surface area contributed by atoms with Gasteiger partial charge < -0.3 is 20.4 Å². The molecule has 0 radical (unpaired) electrons. The molecule has 0 saturated heterocycles. The van der Waals surface area contributed by atoms with E-state index in [1.807, 2.05) is 41.9 Å². The molecule has 5 aromatic rings. The Hall–Kier alpha value is -5.05. The maximum atomic E-state index is 15.3. The molecular weight excluding hydrogens is 483 g/mol. The van der Waals surface area contributed by atoms with Gasteiger partial charge in [-0.2, -0.15) is 0 Å². The lowest BCUT2D eigenvalue weighted by Gasteiger charge is -2.12. The number of rotatable bonds is 7. The van der Waals surface area contributed by atoms with E-state index < -0.39 is 5.82 Å². The summed E-state index contributed by atoms with van der Waals surface area (Å²) in [6.07, 6.45) is 3.06. The first kappa shape index (κ1) is 24.6. The largest absolute Gasteiger partial charge is 0.484 e. The Morgan fingerprint density at radius 2 is 1.84 bits per heavy atom. The molecule has 0 aliphatic heterocycles. The minimum Gasteiger partial charge on any atom is -0.484 e. The molecule has 0 spiro atoms. The van der Waals surface area contributed by atoms with Gasteiger partial charge in [0.1, 0.15) is 24.4 Å². The molecule has 0 aliphatic rings. The number of anilines is 2. The number of carbonyl (C=O) groups is 1. The molecule has 0 aliphatic carbocycles. The lowest BCUT2D eigenvalue weighted by atomic mass is 9.98. The van der Waals surface area contributed by atoms with Gasteiger partial charge in [0.25, 0.3) is 5.91 Å². The van der Waals surface area contributed by atoms with E-state index in [0.717, 1.165) is 11.3 Å². The van der Waals surface area contributed by atoms with Gasteiger partial charge in [0.05, 0.1) is 16.8 Å². The summed E-state index contributed by atoms with van der Waals surface area (Å²) >= 11 is 0. The predicted octanol–water partition coefficient (Wildman–Crippen LogP) is 5.51. The SMILES string of the molecule is C=C(C)C(=O)Nc1ccc(-c2c(-c3ccc(OCc4ccccn4)c(F)c3)c3c(N)ncnc3n2C)cc1. The Bertz CT molecular complexity index is 1660. The summed E-state index contributed by atoms with van der Waals surface area (Å²) in [5.74, 6) is -0.377. The molecule has 2 aromatic carbocycles. The van der Waals surface area contributed by atoms with Crippen molar-refractivity contribution < 1.29 is 13.9 Å². The summed E-state index contributed by atoms with van der Waals surface area (Å²) in [5, 5.41) is 3.42. The molecule has 0 unspecified atom stereocenters. The topological polar surface area (TPSA) is 108 Å². The first-order chi connectivity index (χ1) is 18.3. The molecule has 0 fully saturated rings. The molecule has 5 rings (SSSR count). The van der Waals surface area contributed by atoms with Gasteiger partial charge in [-0.25, -0.2) is 14.4 Å². The zero-order chi connectivity index (χ0) is 26.8. The number of pyridine rings is 1. The van der Waals surface area contributed by atoms with Crippen molar-refractivity contribution in [3.63, 3.8) is 0 Å². The summed E-state index contributed by atoms with van der Waals surface area (Å²) in [4.78, 5) is 24.8. The summed E-state index contributed by atoms with van der Waals surface area (Å²) in [6.45, 7) is 5.45. The number of nitrogen functional groups attached to an aromatic ring is 1. The van der Waals surface area contributed by atoms with Crippen LogP contribution in [0.4, 0.5) is 15.9 Å². The number of carbonyl (C=O) groups excluding carboxylic acids is 1. The number of aromatic nitrogens is 4. The smallest absolute Gasteiger partial charge is 0.250 e. The van der Waals surface area contributed by atoms with Crippen LogP contribution in [0.25, 0.3) is 33.4 Å². The number of nitrogens with one attached hydrogen (secondary N) is 1. The summed E-state index contributed by atoms with van der Waals surface area (Å²) in [7, 11) is 1.87. The average Bonchev–Trinajstić information content (AvgIpc) is 3.22. The van der Waals surface area contributed by atoms with Crippen molar-refractivity contribution in [3.05, 3.63) is 96.9 Å². The highest BCUT2D eigenvalue weighted by molar-refractivity contribution is 6.08. The Kier molecular flexibility index (Phi) is 6.57. The zero-order valence-corrected chi connectivity index (χ0v) is 20.9. The third-order valence-electron chi connectivity index (χ3n) is 6.12. The predicted molar refractivity (Wildman–Crippen MR) is 146 cm³/mol. The van der Waals surface area contributed by atoms with Crippen LogP contribution in [0.15, 0.2) is 85.3 Å². The molecular formula is C29H25FN6O2. The molecule has 3 aromatic heterocycles. The molecule has 3 N–H and O–H groups in total. The van der Waals surface area contributed by atoms with E-state index in [1.165, 1.54) is 12.4 Å². The minimum absolute atomic E-state index is 0.114. The van der Waals surface area contributed by atoms with Crippen molar-refractivity contribution in [2.75, 3.05) is 11.1 Å². The standard InChI is InChI=1S/C29H25FN6O2/c1-17(2)29(37)35-20-10-7-18(8-11-20)26-24(25-27(31)33-16-34-28(25)36(26)3)19-9-12-23(22(30)14-19)38-15-21-6-4-5-13-32-21/h4-14,16H,1,15H2,2-3H3,(H,35,37)(H2,31,33,34). The van der Waals surface area contributed by atoms with Crippen molar-refractivity contribution in [3.8, 4) is 28.1 Å². The lowest BCUT2D eigenvalue weighted by molar-refractivity contribution is -0.112. The van der Waals surface area contributed by atoms with Crippen LogP contribution < -0.4 is 15.8 Å². The number of aryl methyl sites for hydroxylation is 1. The summed E-state index contributed by atoms with van der Waals surface area (Å²) < 4.78 is 22.8. The number of nitrogens with zero attached hydrogens (tertiary/aromatic N) is 4. The van der Waals surface area contributed by atoms with Crippen molar-refractivity contribution in [1.82, 2.24) is 19.5 Å². The van der Waals surface area contributed by atoms with Gasteiger partial charge in [0.15, 0.2) is 11.6 Å². The highest BCUT2D eigenvalue weighted by Gasteiger charge is 2.23. The van der Waals surface area contributed by atoms with Crippen LogP contribution in [0.1, 0.15) is 12.6 Å². The molecule has 3 heterocycles. The summed E-state index contributed by atoms with van der Waals surface area (Å²) in [5.41, 5.74) is 11.5. The first-order valence-corrected chi connectivity index (χ1v) is 11.8. The van der Waals surface area contributed by atoms with Gasteiger partial charge in [-0.1, -0.05) is 30.8 Å². The van der Waals surface area contributed by atoms with Gasteiger partial charge in [-0.15, -0.1) is 0 Å². The van der Waals surface area contributed by atoms with E-state index in [0.29, 0.717) is 39.1 Å². The van der Waals surface area contributed by atoms with Gasteiger partial charge in [0, 0.05) is 30.1 Å². The van der Waals surface area contributed by atoms with Crippen molar-refractivity contribution in [1.29, 1.82) is 0 Å². The Balaban J connectivity index is 1.57. The van der Waals surface area contributed by atoms with Crippen molar-refractivity contribution in [2.24, 2.45) is 7.05 Å². The quantitative estimate of drug-likeness (QED) is 0.281. The van der Waals surface area contributed by atoms with E-state index in [4.69, 9.17) is 10.5 Å². The van der Waals surface area contributed by atoms with Crippen molar-refractivity contribution in [2.45, 2.75) is 13.5 Å². The third kappa shape index (κ3) is 4.69. The van der Waals surface area contributed by atoms with E-state index in [2.05, 4.69) is 26.8 Å². The number of hydrogen-bond donors (Lipinski definition) is 2. The second-order valence-electron chi connectivity index (χ2n) is 8.81. The van der Waals surface area contributed by atoms with Crippen LogP contribution in [0.2, 0.25) is 0 Å². The maximum absolute atomic E-state index is 15.3.